The molecule has 1 N–H and O–H groups in total. The second kappa shape index (κ2) is 10.2. The molecule has 1 atom stereocenters. The molecule has 0 spiro atoms. The van der Waals surface area contributed by atoms with E-state index < -0.39 is 67.9 Å². The van der Waals surface area contributed by atoms with Crippen LogP contribution in [0.4, 0.5) is 42.1 Å². The van der Waals surface area contributed by atoms with Crippen LogP contribution in [0, 0.1) is 10.1 Å². The Labute approximate surface area is 193 Å². The SMILES string of the molecule is CS(=O)c1ccc(OCC(=O)Nc2cccc(SC(F)(F)C(F)(F)C(F)(F)F)c2)c([N+](=O)[O-])c1. The molecule has 16 heteroatoms. The van der Waals surface area contributed by atoms with Gasteiger partial charge in [0.1, 0.15) is 0 Å². The number of rotatable bonds is 9. The van der Waals surface area contributed by atoms with Gasteiger partial charge in [0.25, 0.3) is 5.91 Å². The van der Waals surface area contributed by atoms with Gasteiger partial charge in [0.2, 0.25) is 0 Å². The van der Waals surface area contributed by atoms with Gasteiger partial charge in [-0.25, -0.2) is 0 Å². The first-order chi connectivity index (χ1) is 15.5. The number of benzene rings is 2. The number of alkyl halides is 7. The average molecular weight is 534 g/mol. The van der Waals surface area contributed by atoms with Crippen molar-refractivity contribution in [2.75, 3.05) is 18.2 Å². The summed E-state index contributed by atoms with van der Waals surface area (Å²) >= 11 is -1.05. The van der Waals surface area contributed by atoms with Crippen molar-refractivity contribution in [3.8, 4) is 5.75 Å². The molecule has 0 radical (unpaired) electrons. The molecule has 0 aliphatic rings. The first-order valence-corrected chi connectivity index (χ1v) is 11.1. The molecule has 0 aromatic heterocycles. The second-order valence-electron chi connectivity index (χ2n) is 6.40. The minimum Gasteiger partial charge on any atom is -0.477 e. The van der Waals surface area contributed by atoms with Crippen molar-refractivity contribution in [2.45, 2.75) is 27.1 Å². The minimum atomic E-state index is -6.49. The van der Waals surface area contributed by atoms with Crippen LogP contribution in [0.5, 0.6) is 5.75 Å². The van der Waals surface area contributed by atoms with Crippen LogP contribution < -0.4 is 10.1 Å². The molecule has 0 bridgehead atoms. The minimum absolute atomic E-state index is 0.130. The lowest BCUT2D eigenvalue weighted by atomic mass is 10.3. The lowest BCUT2D eigenvalue weighted by Gasteiger charge is -2.27. The molecule has 34 heavy (non-hydrogen) atoms. The summed E-state index contributed by atoms with van der Waals surface area (Å²) in [5.74, 6) is -7.61. The Morgan fingerprint density at radius 1 is 1.12 bits per heavy atom. The van der Waals surface area contributed by atoms with E-state index in [9.17, 15) is 49.9 Å². The molecular weight excluding hydrogens is 521 g/mol. The van der Waals surface area contributed by atoms with Crippen molar-refractivity contribution >= 4 is 39.8 Å². The molecule has 0 saturated heterocycles. The van der Waals surface area contributed by atoms with Gasteiger partial charge in [0, 0.05) is 27.8 Å². The summed E-state index contributed by atoms with van der Waals surface area (Å²) in [5.41, 5.74) is -0.817. The lowest BCUT2D eigenvalue weighted by molar-refractivity contribution is -0.386. The average Bonchev–Trinajstić information content (AvgIpc) is 2.71. The normalized spacial score (nSPS) is 13.3. The summed E-state index contributed by atoms with van der Waals surface area (Å²) in [6.45, 7) is -0.810. The van der Waals surface area contributed by atoms with Gasteiger partial charge in [-0.2, -0.15) is 30.7 Å². The highest BCUT2D eigenvalue weighted by Gasteiger charge is 2.73. The summed E-state index contributed by atoms with van der Waals surface area (Å²) in [4.78, 5) is 21.8. The summed E-state index contributed by atoms with van der Waals surface area (Å²) < 4.78 is 107. The van der Waals surface area contributed by atoms with E-state index in [2.05, 4.69) is 5.32 Å². The van der Waals surface area contributed by atoms with Gasteiger partial charge >= 0.3 is 23.0 Å². The highest BCUT2D eigenvalue weighted by molar-refractivity contribution is 8.00. The molecule has 1 amide bonds. The standard InChI is InChI=1S/C18H13F7N2O5S2/c1-34(31)12-5-6-14(13(8-12)27(29)30)32-9-15(28)26-10-3-2-4-11(7-10)33-18(24,25)16(19,20)17(21,22)23/h2-8H,9H2,1H3,(H,26,28). The van der Waals surface area contributed by atoms with E-state index >= 15 is 0 Å². The Morgan fingerprint density at radius 3 is 2.32 bits per heavy atom. The van der Waals surface area contributed by atoms with Crippen LogP contribution in [0.25, 0.3) is 0 Å². The molecule has 186 valence electrons. The predicted octanol–water partition coefficient (Wildman–Crippen LogP) is 5.23. The maximum atomic E-state index is 13.6. The van der Waals surface area contributed by atoms with Gasteiger partial charge in [-0.3, -0.25) is 19.1 Å². The predicted molar refractivity (Wildman–Crippen MR) is 108 cm³/mol. The largest absolute Gasteiger partial charge is 0.477 e. The molecular formula is C18H13F7N2O5S2. The zero-order chi connectivity index (χ0) is 25.9. The van der Waals surface area contributed by atoms with Crippen LogP contribution in [-0.4, -0.2) is 45.3 Å². The fraction of sp³-hybridized carbons (Fsp3) is 0.278. The number of anilines is 1. The Balaban J connectivity index is 2.09. The highest BCUT2D eigenvalue weighted by atomic mass is 32.2. The van der Waals surface area contributed by atoms with Gasteiger partial charge < -0.3 is 10.1 Å². The van der Waals surface area contributed by atoms with E-state index in [0.29, 0.717) is 0 Å². The monoisotopic (exact) mass is 534 g/mol. The number of hydrogen-bond acceptors (Lipinski definition) is 6. The van der Waals surface area contributed by atoms with E-state index in [0.717, 1.165) is 36.4 Å². The van der Waals surface area contributed by atoms with Gasteiger partial charge in [-0.1, -0.05) is 6.07 Å². The van der Waals surface area contributed by atoms with Crippen molar-refractivity contribution in [1.82, 2.24) is 0 Å². The van der Waals surface area contributed by atoms with Gasteiger partial charge in [0.15, 0.2) is 12.4 Å². The van der Waals surface area contributed by atoms with Crippen LogP contribution in [0.2, 0.25) is 0 Å². The fourth-order valence-electron chi connectivity index (χ4n) is 2.30. The van der Waals surface area contributed by atoms with E-state index in [1.54, 1.807) is 0 Å². The van der Waals surface area contributed by atoms with Gasteiger partial charge in [-0.15, -0.1) is 0 Å². The molecule has 0 saturated carbocycles. The Hall–Kier alpha value is -2.88. The first-order valence-electron chi connectivity index (χ1n) is 8.71. The van der Waals surface area contributed by atoms with E-state index in [1.165, 1.54) is 12.3 Å². The first kappa shape index (κ1) is 27.4. The molecule has 2 aromatic rings. The number of thioether (sulfide) groups is 1. The summed E-state index contributed by atoms with van der Waals surface area (Å²) in [6, 6.07) is 7.10. The van der Waals surface area contributed by atoms with Crippen molar-refractivity contribution in [1.29, 1.82) is 0 Å². The fourth-order valence-corrected chi connectivity index (χ4v) is 3.71. The van der Waals surface area contributed by atoms with Gasteiger partial charge in [-0.05, 0) is 42.1 Å². The van der Waals surface area contributed by atoms with Crippen molar-refractivity contribution in [2.24, 2.45) is 0 Å². The number of nitrogens with one attached hydrogen (secondary N) is 1. The maximum Gasteiger partial charge on any atom is 0.460 e. The van der Waals surface area contributed by atoms with Gasteiger partial charge in [0.05, 0.1) is 15.7 Å². The molecule has 0 aliphatic heterocycles. The maximum absolute atomic E-state index is 13.6. The zero-order valence-corrected chi connectivity index (χ0v) is 18.3. The van der Waals surface area contributed by atoms with Crippen molar-refractivity contribution < 1.29 is 49.4 Å². The number of nitro groups is 1. The molecule has 0 fully saturated rings. The van der Waals surface area contributed by atoms with Crippen LogP contribution in [0.3, 0.4) is 0 Å². The summed E-state index contributed by atoms with van der Waals surface area (Å²) in [5, 5.41) is 7.75. The number of nitrogens with zero attached hydrogens (tertiary/aromatic N) is 1. The van der Waals surface area contributed by atoms with Crippen molar-refractivity contribution in [3.05, 3.63) is 52.6 Å². The van der Waals surface area contributed by atoms with Crippen LogP contribution >= 0.6 is 11.8 Å². The second-order valence-corrected chi connectivity index (χ2v) is 8.96. The van der Waals surface area contributed by atoms with Crippen molar-refractivity contribution in [3.63, 3.8) is 0 Å². The number of carbonyl (C=O) groups is 1. The van der Waals surface area contributed by atoms with Crippen LogP contribution in [0.1, 0.15) is 0 Å². The number of amides is 1. The molecule has 0 aliphatic carbocycles. The Bertz CT molecular complexity index is 1110. The number of carbonyl (C=O) groups excluding carboxylic acids is 1. The van der Waals surface area contributed by atoms with E-state index in [4.69, 9.17) is 4.74 Å². The number of halogens is 7. The smallest absolute Gasteiger partial charge is 0.460 e. The van der Waals surface area contributed by atoms with E-state index in [1.807, 2.05) is 0 Å². The van der Waals surface area contributed by atoms with Crippen LogP contribution in [0.15, 0.2) is 52.3 Å². The third-order valence-electron chi connectivity index (χ3n) is 3.90. The Morgan fingerprint density at radius 2 is 1.76 bits per heavy atom. The zero-order valence-electron chi connectivity index (χ0n) is 16.7. The molecule has 0 heterocycles. The number of hydrogen-bond donors (Lipinski definition) is 1. The quantitative estimate of drug-likeness (QED) is 0.205. The lowest BCUT2D eigenvalue weighted by Crippen LogP contribution is -2.49. The summed E-state index contributed by atoms with van der Waals surface area (Å²) in [7, 11) is -1.53. The van der Waals surface area contributed by atoms with Crippen LogP contribution in [-0.2, 0) is 15.6 Å². The molecule has 2 aromatic carbocycles. The molecule has 1 unspecified atom stereocenters. The topological polar surface area (TPSA) is 98.5 Å². The Kier molecular flexibility index (Phi) is 8.18. The molecule has 7 nitrogen and oxygen atoms in total. The number of ether oxygens (including phenoxy) is 1. The summed E-state index contributed by atoms with van der Waals surface area (Å²) in [6.07, 6.45) is -5.20. The van der Waals surface area contributed by atoms with E-state index in [-0.39, 0.29) is 16.3 Å². The third-order valence-corrected chi connectivity index (χ3v) is 5.82. The molecule has 2 rings (SSSR count). The number of nitro benzene ring substituents is 1. The third kappa shape index (κ3) is 6.37. The highest BCUT2D eigenvalue weighted by Crippen LogP contribution is 2.53.